The van der Waals surface area contributed by atoms with Crippen molar-refractivity contribution >= 4 is 23.5 Å². The van der Waals surface area contributed by atoms with Crippen molar-refractivity contribution in [3.8, 4) is 0 Å². The molecule has 2 atom stereocenters. The summed E-state index contributed by atoms with van der Waals surface area (Å²) >= 11 is 4.01. The van der Waals surface area contributed by atoms with Gasteiger partial charge in [0.1, 0.15) is 0 Å². The molecular weight excluding hydrogens is 260 g/mol. The lowest BCUT2D eigenvalue weighted by molar-refractivity contribution is -0.00469. The van der Waals surface area contributed by atoms with Crippen LogP contribution in [0.2, 0.25) is 0 Å². The average Bonchev–Trinajstić information content (AvgIpc) is 2.35. The molecule has 0 saturated carbocycles. The van der Waals surface area contributed by atoms with E-state index in [4.69, 9.17) is 5.73 Å². The van der Waals surface area contributed by atoms with Gasteiger partial charge in [-0.1, -0.05) is 13.8 Å². The van der Waals surface area contributed by atoms with Gasteiger partial charge in [0.05, 0.1) is 0 Å². The van der Waals surface area contributed by atoms with Gasteiger partial charge < -0.3 is 5.73 Å². The Hall–Kier alpha value is 0.620. The molecule has 0 radical (unpaired) electrons. The minimum Gasteiger partial charge on any atom is -0.329 e. The van der Waals surface area contributed by atoms with E-state index in [0.717, 1.165) is 6.54 Å². The van der Waals surface area contributed by atoms with Gasteiger partial charge in [-0.2, -0.15) is 23.5 Å². The highest BCUT2D eigenvalue weighted by atomic mass is 32.2. The highest BCUT2D eigenvalue weighted by Gasteiger charge is 2.49. The first-order chi connectivity index (χ1) is 8.41. The van der Waals surface area contributed by atoms with Crippen LogP contribution < -0.4 is 5.73 Å². The van der Waals surface area contributed by atoms with Crippen molar-refractivity contribution in [3.05, 3.63) is 0 Å². The summed E-state index contributed by atoms with van der Waals surface area (Å²) in [6, 6.07) is 0.610. The topological polar surface area (TPSA) is 29.3 Å². The van der Waals surface area contributed by atoms with Crippen molar-refractivity contribution < 1.29 is 0 Å². The van der Waals surface area contributed by atoms with Gasteiger partial charge in [0.15, 0.2) is 0 Å². The van der Waals surface area contributed by atoms with Gasteiger partial charge in [-0.15, -0.1) is 0 Å². The van der Waals surface area contributed by atoms with Gasteiger partial charge in [0.2, 0.25) is 0 Å². The number of thioether (sulfide) groups is 2. The van der Waals surface area contributed by atoms with Crippen molar-refractivity contribution in [1.29, 1.82) is 0 Å². The minimum atomic E-state index is 0.160. The lowest BCUT2D eigenvalue weighted by Crippen LogP contribution is -2.66. The van der Waals surface area contributed by atoms with E-state index in [1.807, 2.05) is 11.8 Å². The van der Waals surface area contributed by atoms with Gasteiger partial charge in [0.25, 0.3) is 0 Å². The van der Waals surface area contributed by atoms with Crippen LogP contribution in [0.15, 0.2) is 0 Å². The molecule has 1 aliphatic heterocycles. The van der Waals surface area contributed by atoms with Gasteiger partial charge in [-0.05, 0) is 50.0 Å². The van der Waals surface area contributed by atoms with Crippen LogP contribution >= 0.6 is 23.5 Å². The lowest BCUT2D eigenvalue weighted by Gasteiger charge is -2.56. The molecule has 18 heavy (non-hydrogen) atoms. The fourth-order valence-corrected chi connectivity index (χ4v) is 5.38. The summed E-state index contributed by atoms with van der Waals surface area (Å²) in [6.07, 6.45) is 4.71. The molecule has 0 aliphatic carbocycles. The Kier molecular flexibility index (Phi) is 6.36. The molecule has 108 valence electrons. The molecule has 0 amide bonds. The largest absolute Gasteiger partial charge is 0.329 e. The summed E-state index contributed by atoms with van der Waals surface area (Å²) < 4.78 is 0. The molecule has 2 N–H and O–H groups in total. The van der Waals surface area contributed by atoms with E-state index in [2.05, 4.69) is 50.7 Å². The molecule has 1 saturated heterocycles. The SMILES string of the molecule is CSCCC(C)N(C)C1(CN)CSCCC1(C)C. The summed E-state index contributed by atoms with van der Waals surface area (Å²) in [5, 5.41) is 0. The van der Waals surface area contributed by atoms with Crippen molar-refractivity contribution in [2.45, 2.75) is 45.2 Å². The van der Waals surface area contributed by atoms with Crippen molar-refractivity contribution in [2.24, 2.45) is 11.1 Å². The summed E-state index contributed by atoms with van der Waals surface area (Å²) in [5.74, 6) is 3.69. The fraction of sp³-hybridized carbons (Fsp3) is 1.00. The van der Waals surface area contributed by atoms with E-state index in [9.17, 15) is 0 Å². The van der Waals surface area contributed by atoms with E-state index in [1.165, 1.54) is 30.1 Å². The van der Waals surface area contributed by atoms with Gasteiger partial charge in [-0.25, -0.2) is 0 Å². The molecule has 2 nitrogen and oxygen atoms in total. The van der Waals surface area contributed by atoms with Crippen LogP contribution in [0.4, 0.5) is 0 Å². The summed E-state index contributed by atoms with van der Waals surface area (Å²) in [4.78, 5) is 2.58. The maximum Gasteiger partial charge on any atom is 0.0472 e. The fourth-order valence-electron chi connectivity index (χ4n) is 2.96. The van der Waals surface area contributed by atoms with E-state index in [0.29, 0.717) is 11.5 Å². The molecule has 0 bridgehead atoms. The van der Waals surface area contributed by atoms with Gasteiger partial charge >= 0.3 is 0 Å². The zero-order chi connectivity index (χ0) is 13.8. The Morgan fingerprint density at radius 3 is 2.61 bits per heavy atom. The molecule has 0 aromatic carbocycles. The summed E-state index contributed by atoms with van der Waals surface area (Å²) in [7, 11) is 2.28. The van der Waals surface area contributed by atoms with Crippen LogP contribution in [0.1, 0.15) is 33.6 Å². The Bertz CT molecular complexity index is 258. The Labute approximate surface area is 122 Å². The highest BCUT2D eigenvalue weighted by Crippen LogP contribution is 2.45. The van der Waals surface area contributed by atoms with Gasteiger partial charge in [0, 0.05) is 23.9 Å². The van der Waals surface area contributed by atoms with Crippen LogP contribution in [-0.4, -0.2) is 53.6 Å². The Morgan fingerprint density at radius 2 is 2.11 bits per heavy atom. The number of nitrogens with zero attached hydrogens (tertiary/aromatic N) is 1. The second-order valence-corrected chi connectivity index (χ2v) is 8.25. The third kappa shape index (κ3) is 3.20. The lowest BCUT2D eigenvalue weighted by atomic mass is 9.69. The molecular formula is C14H30N2S2. The smallest absolute Gasteiger partial charge is 0.0472 e. The molecule has 4 heteroatoms. The molecule has 2 unspecified atom stereocenters. The number of rotatable bonds is 6. The predicted octanol–water partition coefficient (Wildman–Crippen LogP) is 2.92. The van der Waals surface area contributed by atoms with Crippen LogP contribution in [-0.2, 0) is 0 Å². The first-order valence-corrected chi connectivity index (χ1v) is 9.46. The maximum absolute atomic E-state index is 6.22. The van der Waals surface area contributed by atoms with Crippen molar-refractivity contribution in [3.63, 3.8) is 0 Å². The Balaban J connectivity index is 2.84. The first-order valence-electron chi connectivity index (χ1n) is 6.91. The molecule has 0 aromatic rings. The average molecular weight is 291 g/mol. The minimum absolute atomic E-state index is 0.160. The van der Waals surface area contributed by atoms with E-state index in [-0.39, 0.29) is 5.54 Å². The zero-order valence-electron chi connectivity index (χ0n) is 12.7. The normalized spacial score (nSPS) is 29.5. The third-order valence-electron chi connectivity index (χ3n) is 4.89. The van der Waals surface area contributed by atoms with Crippen LogP contribution in [0.3, 0.4) is 0 Å². The second kappa shape index (κ2) is 6.87. The molecule has 0 aromatic heterocycles. The van der Waals surface area contributed by atoms with E-state index in [1.54, 1.807) is 0 Å². The van der Waals surface area contributed by atoms with Crippen molar-refractivity contribution in [1.82, 2.24) is 4.90 Å². The molecule has 1 fully saturated rings. The monoisotopic (exact) mass is 290 g/mol. The van der Waals surface area contributed by atoms with Crippen LogP contribution in [0.5, 0.6) is 0 Å². The number of hydrogen-bond donors (Lipinski definition) is 1. The number of hydrogen-bond acceptors (Lipinski definition) is 4. The van der Waals surface area contributed by atoms with E-state index < -0.39 is 0 Å². The molecule has 1 heterocycles. The quantitative estimate of drug-likeness (QED) is 0.814. The first kappa shape index (κ1) is 16.7. The second-order valence-electron chi connectivity index (χ2n) is 6.16. The third-order valence-corrected chi connectivity index (χ3v) is 6.70. The molecule has 0 spiro atoms. The van der Waals surface area contributed by atoms with Crippen LogP contribution in [0.25, 0.3) is 0 Å². The summed E-state index contributed by atoms with van der Waals surface area (Å²) in [6.45, 7) is 7.92. The predicted molar refractivity (Wildman–Crippen MR) is 87.7 cm³/mol. The standard InChI is InChI=1S/C14H30N2S2/c1-12(6-8-17-5)16(4)14(10-15)11-18-9-7-13(14,2)3/h12H,6-11,15H2,1-5H3. The highest BCUT2D eigenvalue weighted by molar-refractivity contribution is 7.99. The molecule has 1 aliphatic rings. The maximum atomic E-state index is 6.22. The van der Waals surface area contributed by atoms with Crippen molar-refractivity contribution in [2.75, 3.05) is 37.1 Å². The zero-order valence-corrected chi connectivity index (χ0v) is 14.3. The number of likely N-dealkylation sites (N-methyl/N-ethyl adjacent to an activating group) is 1. The Morgan fingerprint density at radius 1 is 1.44 bits per heavy atom. The van der Waals surface area contributed by atoms with Gasteiger partial charge in [-0.3, -0.25) is 4.90 Å². The number of nitrogens with two attached hydrogens (primary N) is 1. The molecule has 1 rings (SSSR count). The van der Waals surface area contributed by atoms with Crippen LogP contribution in [0, 0.1) is 5.41 Å². The summed E-state index contributed by atoms with van der Waals surface area (Å²) in [5.41, 5.74) is 6.70. The van der Waals surface area contributed by atoms with E-state index >= 15 is 0 Å².